The van der Waals surface area contributed by atoms with Gasteiger partial charge < -0.3 is 9.52 Å². The Balaban J connectivity index is 2.02. The first kappa shape index (κ1) is 13.2. The van der Waals surface area contributed by atoms with Crippen LogP contribution in [0.3, 0.4) is 0 Å². The summed E-state index contributed by atoms with van der Waals surface area (Å²) in [6.07, 6.45) is -0.909. The van der Waals surface area contributed by atoms with Crippen LogP contribution < -0.4 is 0 Å². The van der Waals surface area contributed by atoms with Crippen molar-refractivity contribution in [3.8, 4) is 0 Å². The third kappa shape index (κ3) is 2.02. The van der Waals surface area contributed by atoms with Gasteiger partial charge in [-0.25, -0.2) is 0 Å². The van der Waals surface area contributed by atoms with E-state index in [4.69, 9.17) is 4.42 Å². The first-order chi connectivity index (χ1) is 9.41. The molecule has 1 heterocycles. The minimum absolute atomic E-state index is 0.466. The number of furan rings is 1. The van der Waals surface area contributed by atoms with Gasteiger partial charge in [0.1, 0.15) is 11.4 Å². The second-order valence-electron chi connectivity index (χ2n) is 5.05. The van der Waals surface area contributed by atoms with Crippen molar-refractivity contribution < 1.29 is 22.7 Å². The highest BCUT2D eigenvalue weighted by Gasteiger charge is 2.38. The Hall–Kier alpha value is -1.75. The van der Waals surface area contributed by atoms with E-state index >= 15 is 0 Å². The largest absolute Gasteiger partial charge is 0.469 e. The summed E-state index contributed by atoms with van der Waals surface area (Å²) in [6.45, 7) is 0. The maximum absolute atomic E-state index is 12.6. The molecule has 106 valence electrons. The predicted octanol–water partition coefficient (Wildman–Crippen LogP) is 3.87. The van der Waals surface area contributed by atoms with Gasteiger partial charge in [0.25, 0.3) is 0 Å². The van der Waals surface area contributed by atoms with Crippen LogP contribution in [0.1, 0.15) is 35.3 Å². The quantitative estimate of drug-likeness (QED) is 0.861. The van der Waals surface area contributed by atoms with Crippen molar-refractivity contribution in [3.05, 3.63) is 59.0 Å². The zero-order valence-corrected chi connectivity index (χ0v) is 10.6. The van der Waals surface area contributed by atoms with Crippen LogP contribution in [0.15, 0.2) is 41.0 Å². The number of hydrogen-bond acceptors (Lipinski definition) is 2. The summed E-state index contributed by atoms with van der Waals surface area (Å²) in [4.78, 5) is 0. The van der Waals surface area contributed by atoms with Crippen molar-refractivity contribution in [3.63, 3.8) is 0 Å². The molecule has 20 heavy (non-hydrogen) atoms. The zero-order chi connectivity index (χ0) is 14.4. The molecule has 0 fully saturated rings. The molecule has 1 aliphatic carbocycles. The molecule has 5 heteroatoms. The van der Waals surface area contributed by atoms with E-state index in [0.29, 0.717) is 23.3 Å². The number of aryl methyl sites for hydroxylation is 1. The molecule has 0 saturated carbocycles. The van der Waals surface area contributed by atoms with E-state index in [1.165, 1.54) is 18.4 Å². The number of halogens is 3. The molecular weight excluding hydrogens is 269 g/mol. The summed E-state index contributed by atoms with van der Waals surface area (Å²) < 4.78 is 43.0. The van der Waals surface area contributed by atoms with E-state index in [1.54, 1.807) is 6.07 Å². The van der Waals surface area contributed by atoms with Gasteiger partial charge in [-0.2, -0.15) is 13.2 Å². The first-order valence-electron chi connectivity index (χ1n) is 6.38. The van der Waals surface area contributed by atoms with Gasteiger partial charge in [0.2, 0.25) is 0 Å². The van der Waals surface area contributed by atoms with Crippen LogP contribution in [0.4, 0.5) is 13.2 Å². The molecular formula is C15H13F3O2. The van der Waals surface area contributed by atoms with Gasteiger partial charge >= 0.3 is 6.18 Å². The fourth-order valence-electron chi connectivity index (χ4n) is 2.78. The Kier molecular flexibility index (Phi) is 2.90. The minimum atomic E-state index is -4.37. The molecule has 1 unspecified atom stereocenters. The van der Waals surface area contributed by atoms with Crippen LogP contribution >= 0.6 is 0 Å². The fraction of sp³-hybridized carbons (Fsp3) is 0.333. The van der Waals surface area contributed by atoms with Crippen LogP contribution in [0.25, 0.3) is 0 Å². The first-order valence-corrected chi connectivity index (χ1v) is 6.38. The standard InChI is InChI=1S/C15H13F3O2/c16-15(17,18)11-5-3-10(4-6-11)14(19)8-1-2-13-12(14)7-9-20-13/h3-7,9,19H,1-2,8H2. The summed E-state index contributed by atoms with van der Waals surface area (Å²) in [7, 11) is 0. The molecule has 3 rings (SSSR count). The second-order valence-corrected chi connectivity index (χ2v) is 5.05. The lowest BCUT2D eigenvalue weighted by atomic mass is 9.78. The molecule has 1 atom stereocenters. The Morgan fingerprint density at radius 1 is 1.10 bits per heavy atom. The Labute approximate surface area is 113 Å². The summed E-state index contributed by atoms with van der Waals surface area (Å²) in [5.74, 6) is 0.707. The minimum Gasteiger partial charge on any atom is -0.469 e. The molecule has 0 saturated heterocycles. The maximum atomic E-state index is 12.6. The topological polar surface area (TPSA) is 33.4 Å². The van der Waals surface area contributed by atoms with E-state index in [0.717, 1.165) is 25.0 Å². The van der Waals surface area contributed by atoms with Gasteiger partial charge in [0, 0.05) is 12.0 Å². The summed E-state index contributed by atoms with van der Waals surface area (Å²) in [5.41, 5.74) is -0.852. The molecule has 0 radical (unpaired) electrons. The van der Waals surface area contributed by atoms with E-state index in [1.807, 2.05) is 0 Å². The van der Waals surface area contributed by atoms with Gasteiger partial charge in [-0.05, 0) is 36.6 Å². The van der Waals surface area contributed by atoms with Crippen LogP contribution in [0, 0.1) is 0 Å². The van der Waals surface area contributed by atoms with Crippen molar-refractivity contribution in [2.45, 2.75) is 31.0 Å². The van der Waals surface area contributed by atoms with E-state index in [-0.39, 0.29) is 0 Å². The van der Waals surface area contributed by atoms with Gasteiger partial charge in [-0.15, -0.1) is 0 Å². The Morgan fingerprint density at radius 2 is 1.80 bits per heavy atom. The van der Waals surface area contributed by atoms with E-state index in [9.17, 15) is 18.3 Å². The van der Waals surface area contributed by atoms with Crippen molar-refractivity contribution in [1.29, 1.82) is 0 Å². The molecule has 0 spiro atoms. The van der Waals surface area contributed by atoms with E-state index in [2.05, 4.69) is 0 Å². The van der Waals surface area contributed by atoms with Gasteiger partial charge in [0.15, 0.2) is 0 Å². The lowest BCUT2D eigenvalue weighted by Gasteiger charge is -2.32. The van der Waals surface area contributed by atoms with Crippen molar-refractivity contribution in [2.75, 3.05) is 0 Å². The number of fused-ring (bicyclic) bond motifs is 1. The molecule has 0 amide bonds. The third-order valence-corrected chi connectivity index (χ3v) is 3.82. The number of aliphatic hydroxyl groups is 1. The third-order valence-electron chi connectivity index (χ3n) is 3.82. The number of hydrogen-bond donors (Lipinski definition) is 1. The number of rotatable bonds is 1. The van der Waals surface area contributed by atoms with Crippen LogP contribution in [0.5, 0.6) is 0 Å². The van der Waals surface area contributed by atoms with Gasteiger partial charge in [-0.3, -0.25) is 0 Å². The van der Waals surface area contributed by atoms with Crippen molar-refractivity contribution in [1.82, 2.24) is 0 Å². The molecule has 2 nitrogen and oxygen atoms in total. The van der Waals surface area contributed by atoms with Crippen LogP contribution in [0.2, 0.25) is 0 Å². The Bertz CT molecular complexity index is 613. The van der Waals surface area contributed by atoms with Crippen molar-refractivity contribution >= 4 is 0 Å². The van der Waals surface area contributed by atoms with Gasteiger partial charge in [-0.1, -0.05) is 12.1 Å². The Morgan fingerprint density at radius 3 is 2.45 bits per heavy atom. The molecule has 1 N–H and O–H groups in total. The highest BCUT2D eigenvalue weighted by molar-refractivity contribution is 5.40. The average Bonchev–Trinajstić information content (AvgIpc) is 2.88. The molecule has 1 aromatic heterocycles. The SMILES string of the molecule is OC1(c2ccc(C(F)(F)F)cc2)CCCc2occc21. The normalized spacial score (nSPS) is 22.6. The molecule has 1 aliphatic rings. The second kappa shape index (κ2) is 4.38. The molecule has 0 aliphatic heterocycles. The number of alkyl halides is 3. The van der Waals surface area contributed by atoms with E-state index < -0.39 is 17.3 Å². The fourth-order valence-corrected chi connectivity index (χ4v) is 2.78. The van der Waals surface area contributed by atoms with Crippen molar-refractivity contribution in [2.24, 2.45) is 0 Å². The van der Waals surface area contributed by atoms with Gasteiger partial charge in [0.05, 0.1) is 11.8 Å². The highest BCUT2D eigenvalue weighted by Crippen LogP contribution is 2.41. The smallest absolute Gasteiger partial charge is 0.416 e. The molecule has 2 aromatic rings. The molecule has 1 aromatic carbocycles. The molecule has 0 bridgehead atoms. The summed E-state index contributed by atoms with van der Waals surface area (Å²) in [5, 5.41) is 10.8. The summed E-state index contributed by atoms with van der Waals surface area (Å²) >= 11 is 0. The number of benzene rings is 1. The maximum Gasteiger partial charge on any atom is 0.416 e. The lowest BCUT2D eigenvalue weighted by Crippen LogP contribution is -2.31. The average molecular weight is 282 g/mol. The zero-order valence-electron chi connectivity index (χ0n) is 10.6. The van der Waals surface area contributed by atoms with Crippen LogP contribution in [-0.2, 0) is 18.2 Å². The lowest BCUT2D eigenvalue weighted by molar-refractivity contribution is -0.137. The van der Waals surface area contributed by atoms with Crippen LogP contribution in [-0.4, -0.2) is 5.11 Å². The summed E-state index contributed by atoms with van der Waals surface area (Å²) in [6, 6.07) is 6.37. The highest BCUT2D eigenvalue weighted by atomic mass is 19.4. The predicted molar refractivity (Wildman–Crippen MR) is 66.1 cm³/mol. The monoisotopic (exact) mass is 282 g/mol.